The number of nitrogens with zero attached hydrogens (tertiary/aromatic N) is 1. The summed E-state index contributed by atoms with van der Waals surface area (Å²) < 4.78 is 0.767. The summed E-state index contributed by atoms with van der Waals surface area (Å²) in [6.45, 7) is 1.89. The van der Waals surface area contributed by atoms with Gasteiger partial charge in [0.05, 0.1) is 0 Å². The summed E-state index contributed by atoms with van der Waals surface area (Å²) in [4.78, 5) is 12.4. The molecule has 0 atom stereocenters. The number of hydrogen-bond donors (Lipinski definition) is 1. The first-order chi connectivity index (χ1) is 10.2. The maximum Gasteiger partial charge on any atom is 0.317 e. The van der Waals surface area contributed by atoms with E-state index < -0.39 is 0 Å². The summed E-state index contributed by atoms with van der Waals surface area (Å²) in [5.74, 6) is -0.262. The molecule has 4 nitrogen and oxygen atoms in total. The number of carbonyl (C=O) groups is 1. The molecule has 1 aliphatic rings. The molecule has 1 heterocycles. The standard InChI is InChI=1S/C17H20N2O2/c1-12-6-5-7-13-10-11-15(19(21)16(12)13)17(20)18-14-8-3-2-4-9-14/h5-7,10-11,14H,2-4,8-9H2,1H3,(H,18,20). The third-order valence-corrected chi connectivity index (χ3v) is 4.28. The second kappa shape index (κ2) is 5.72. The van der Waals surface area contributed by atoms with Crippen LogP contribution in [-0.2, 0) is 0 Å². The topological polar surface area (TPSA) is 56.0 Å². The van der Waals surface area contributed by atoms with Crippen LogP contribution in [0.5, 0.6) is 0 Å². The number of rotatable bonds is 2. The summed E-state index contributed by atoms with van der Waals surface area (Å²) in [5.41, 5.74) is 1.64. The highest BCUT2D eigenvalue weighted by Gasteiger charge is 2.23. The normalized spacial score (nSPS) is 16.0. The van der Waals surface area contributed by atoms with E-state index in [0.717, 1.165) is 41.4 Å². The van der Waals surface area contributed by atoms with Gasteiger partial charge in [-0.15, -0.1) is 0 Å². The molecule has 0 radical (unpaired) electrons. The molecule has 110 valence electrons. The van der Waals surface area contributed by atoms with Crippen LogP contribution in [0.1, 0.15) is 48.2 Å². The number of aromatic nitrogens is 1. The Morgan fingerprint density at radius 3 is 2.71 bits per heavy atom. The first-order valence-electron chi connectivity index (χ1n) is 7.59. The van der Waals surface area contributed by atoms with Gasteiger partial charge in [-0.1, -0.05) is 31.4 Å². The zero-order valence-corrected chi connectivity index (χ0v) is 12.3. The summed E-state index contributed by atoms with van der Waals surface area (Å²) >= 11 is 0. The first kappa shape index (κ1) is 13.9. The lowest BCUT2D eigenvalue weighted by atomic mass is 9.95. The van der Waals surface area contributed by atoms with Crippen molar-refractivity contribution in [2.24, 2.45) is 0 Å². The fourth-order valence-corrected chi connectivity index (χ4v) is 3.12. The second-order valence-corrected chi connectivity index (χ2v) is 5.83. The lowest BCUT2D eigenvalue weighted by Gasteiger charge is -2.22. The van der Waals surface area contributed by atoms with E-state index in [9.17, 15) is 10.0 Å². The van der Waals surface area contributed by atoms with Gasteiger partial charge in [-0.2, -0.15) is 4.73 Å². The molecule has 1 N–H and O–H groups in total. The zero-order chi connectivity index (χ0) is 14.8. The minimum Gasteiger partial charge on any atom is -0.618 e. The average molecular weight is 284 g/mol. The van der Waals surface area contributed by atoms with Gasteiger partial charge in [0.25, 0.3) is 5.69 Å². The van der Waals surface area contributed by atoms with Crippen LogP contribution < -0.4 is 10.0 Å². The maximum atomic E-state index is 12.5. The molecule has 1 saturated carbocycles. The summed E-state index contributed by atoms with van der Waals surface area (Å²) in [6.07, 6.45) is 5.57. The van der Waals surface area contributed by atoms with Gasteiger partial charge in [-0.3, -0.25) is 4.79 Å². The predicted octanol–water partition coefficient (Wildman–Crippen LogP) is 2.84. The van der Waals surface area contributed by atoms with Crippen LogP contribution in [0.15, 0.2) is 30.3 Å². The van der Waals surface area contributed by atoms with Gasteiger partial charge in [0.1, 0.15) is 0 Å². The number of para-hydroxylation sites is 1. The van der Waals surface area contributed by atoms with Crippen molar-refractivity contribution in [2.45, 2.75) is 45.1 Å². The third kappa shape index (κ3) is 2.71. The maximum absolute atomic E-state index is 12.5. The molecule has 3 rings (SSSR count). The minimum atomic E-state index is -0.262. The van der Waals surface area contributed by atoms with Crippen molar-refractivity contribution < 1.29 is 9.52 Å². The van der Waals surface area contributed by atoms with Crippen molar-refractivity contribution >= 4 is 16.8 Å². The number of carbonyl (C=O) groups excluding carboxylic acids is 1. The van der Waals surface area contributed by atoms with Gasteiger partial charge in [-0.25, -0.2) is 0 Å². The smallest absolute Gasteiger partial charge is 0.317 e. The average Bonchev–Trinajstić information content (AvgIpc) is 2.48. The fraction of sp³-hybridized carbons (Fsp3) is 0.412. The molecule has 0 bridgehead atoms. The Labute approximate surface area is 124 Å². The SMILES string of the molecule is Cc1cccc2ccc(C(=O)NC3CCCCC3)[n+]([O-])c12. The van der Waals surface area contributed by atoms with E-state index in [4.69, 9.17) is 0 Å². The number of pyridine rings is 1. The van der Waals surface area contributed by atoms with Crippen molar-refractivity contribution in [2.75, 3.05) is 0 Å². The van der Waals surface area contributed by atoms with Gasteiger partial charge in [0.2, 0.25) is 5.52 Å². The first-order valence-corrected chi connectivity index (χ1v) is 7.59. The van der Waals surface area contributed by atoms with Crippen LogP contribution >= 0.6 is 0 Å². The summed E-state index contributed by atoms with van der Waals surface area (Å²) in [5, 5.41) is 16.3. The van der Waals surface area contributed by atoms with E-state index >= 15 is 0 Å². The monoisotopic (exact) mass is 284 g/mol. The highest BCUT2D eigenvalue weighted by molar-refractivity contribution is 5.93. The van der Waals surface area contributed by atoms with Crippen molar-refractivity contribution in [1.29, 1.82) is 0 Å². The predicted molar refractivity (Wildman–Crippen MR) is 82.0 cm³/mol. The largest absolute Gasteiger partial charge is 0.618 e. The lowest BCUT2D eigenvalue weighted by Crippen LogP contribution is -2.44. The van der Waals surface area contributed by atoms with Gasteiger partial charge >= 0.3 is 5.91 Å². The van der Waals surface area contributed by atoms with Crippen molar-refractivity contribution in [3.8, 4) is 0 Å². The molecule has 1 amide bonds. The van der Waals surface area contributed by atoms with E-state index in [1.165, 1.54) is 6.42 Å². The van der Waals surface area contributed by atoms with Crippen LogP contribution in [0.2, 0.25) is 0 Å². The van der Waals surface area contributed by atoms with Crippen molar-refractivity contribution in [3.63, 3.8) is 0 Å². The Morgan fingerprint density at radius 1 is 1.19 bits per heavy atom. The van der Waals surface area contributed by atoms with Crippen molar-refractivity contribution in [3.05, 3.63) is 46.8 Å². The number of hydrogen-bond acceptors (Lipinski definition) is 2. The van der Waals surface area contributed by atoms with Gasteiger partial charge < -0.3 is 10.5 Å². The quantitative estimate of drug-likeness (QED) is 0.681. The zero-order valence-electron chi connectivity index (χ0n) is 12.3. The molecule has 0 saturated heterocycles. The van der Waals surface area contributed by atoms with Crippen LogP contribution in [-0.4, -0.2) is 11.9 Å². The van der Waals surface area contributed by atoms with Gasteiger partial charge in [-0.05, 0) is 31.9 Å². The van der Waals surface area contributed by atoms with Crippen LogP contribution in [0.3, 0.4) is 0 Å². The number of fused-ring (bicyclic) bond motifs is 1. The Kier molecular flexibility index (Phi) is 3.78. The molecule has 0 unspecified atom stereocenters. The van der Waals surface area contributed by atoms with Gasteiger partial charge in [0, 0.05) is 23.1 Å². The second-order valence-electron chi connectivity index (χ2n) is 5.83. The third-order valence-electron chi connectivity index (χ3n) is 4.28. The molecule has 1 aliphatic carbocycles. The molecular formula is C17H20N2O2. The van der Waals surface area contributed by atoms with Crippen LogP contribution in [0, 0.1) is 12.1 Å². The Balaban J connectivity index is 1.91. The molecule has 1 aromatic heterocycles. The molecule has 4 heteroatoms. The van der Waals surface area contributed by atoms with E-state index in [-0.39, 0.29) is 17.6 Å². The molecule has 1 aromatic carbocycles. The van der Waals surface area contributed by atoms with Crippen LogP contribution in [0.4, 0.5) is 0 Å². The van der Waals surface area contributed by atoms with E-state index in [2.05, 4.69) is 5.32 Å². The number of benzene rings is 1. The number of amides is 1. The lowest BCUT2D eigenvalue weighted by molar-refractivity contribution is -0.579. The Hall–Kier alpha value is -2.10. The van der Waals surface area contributed by atoms with Crippen molar-refractivity contribution in [1.82, 2.24) is 5.32 Å². The van der Waals surface area contributed by atoms with Crippen LogP contribution in [0.25, 0.3) is 10.9 Å². The molecule has 2 aromatic rings. The van der Waals surface area contributed by atoms with E-state index in [0.29, 0.717) is 5.52 Å². The molecule has 1 fully saturated rings. The number of aryl methyl sites for hydroxylation is 1. The molecule has 0 aliphatic heterocycles. The van der Waals surface area contributed by atoms with Gasteiger partial charge in [0.15, 0.2) is 0 Å². The van der Waals surface area contributed by atoms with E-state index in [1.54, 1.807) is 6.07 Å². The molecule has 21 heavy (non-hydrogen) atoms. The highest BCUT2D eigenvalue weighted by Crippen LogP contribution is 2.18. The van der Waals surface area contributed by atoms with E-state index in [1.807, 2.05) is 31.2 Å². The number of nitrogens with one attached hydrogen (secondary N) is 1. The highest BCUT2D eigenvalue weighted by atomic mass is 16.5. The Morgan fingerprint density at radius 2 is 1.95 bits per heavy atom. The molecular weight excluding hydrogens is 264 g/mol. The summed E-state index contributed by atoms with van der Waals surface area (Å²) in [6, 6.07) is 9.36. The Bertz CT molecular complexity index is 676. The fourth-order valence-electron chi connectivity index (χ4n) is 3.12. The summed E-state index contributed by atoms with van der Waals surface area (Å²) in [7, 11) is 0. The molecule has 0 spiro atoms. The minimum absolute atomic E-state index is 0.183.